The average Bonchev–Trinajstić information content (AvgIpc) is 2.20. The summed E-state index contributed by atoms with van der Waals surface area (Å²) in [5, 5.41) is 3.33. The standard InChI is InChI=1S/C6H13N.C5H10N2/c1-6-3-2-4-7-5-6;1-4-7(3)5-6-2/h6-7H,2-5H2,1H3;4-5H,1H2,2-3H3. The molecule has 0 radical (unpaired) electrons. The molecular formula is C11H23N3. The van der Waals surface area contributed by atoms with Gasteiger partial charge < -0.3 is 10.2 Å². The zero-order chi connectivity index (χ0) is 10.8. The van der Waals surface area contributed by atoms with Gasteiger partial charge in [0.25, 0.3) is 0 Å². The van der Waals surface area contributed by atoms with E-state index in [1.807, 2.05) is 7.05 Å². The molecule has 82 valence electrons. The summed E-state index contributed by atoms with van der Waals surface area (Å²) in [5.41, 5.74) is 0. The molecule has 0 saturated carbocycles. The number of piperidine rings is 1. The fourth-order valence-corrected chi connectivity index (χ4v) is 1.26. The summed E-state index contributed by atoms with van der Waals surface area (Å²) < 4.78 is 0. The normalized spacial score (nSPS) is 21.2. The van der Waals surface area contributed by atoms with Crippen LogP contribution in [0.4, 0.5) is 0 Å². The van der Waals surface area contributed by atoms with Crippen LogP contribution in [0.25, 0.3) is 0 Å². The van der Waals surface area contributed by atoms with Gasteiger partial charge in [0.15, 0.2) is 0 Å². The highest BCUT2D eigenvalue weighted by molar-refractivity contribution is 5.55. The maximum Gasteiger partial charge on any atom is 0.0883 e. The predicted molar refractivity (Wildman–Crippen MR) is 63.6 cm³/mol. The molecule has 0 aromatic carbocycles. The van der Waals surface area contributed by atoms with E-state index >= 15 is 0 Å². The minimum absolute atomic E-state index is 0.925. The van der Waals surface area contributed by atoms with E-state index in [0.29, 0.717) is 0 Å². The second-order valence-corrected chi connectivity index (χ2v) is 3.67. The van der Waals surface area contributed by atoms with E-state index in [-0.39, 0.29) is 0 Å². The third kappa shape index (κ3) is 7.80. The molecule has 0 spiro atoms. The Bertz CT molecular complexity index is 160. The molecule has 1 aliphatic heterocycles. The van der Waals surface area contributed by atoms with Crippen LogP contribution in [0.15, 0.2) is 17.8 Å². The molecule has 1 aliphatic rings. The van der Waals surface area contributed by atoms with Crippen molar-refractivity contribution >= 4 is 6.34 Å². The molecule has 1 unspecified atom stereocenters. The Morgan fingerprint density at radius 3 is 2.50 bits per heavy atom. The monoisotopic (exact) mass is 197 g/mol. The molecule has 1 N–H and O–H groups in total. The van der Waals surface area contributed by atoms with Gasteiger partial charge in [0.2, 0.25) is 0 Å². The molecule has 3 nitrogen and oxygen atoms in total. The molecule has 0 aromatic heterocycles. The van der Waals surface area contributed by atoms with E-state index in [4.69, 9.17) is 0 Å². The lowest BCUT2D eigenvalue weighted by atomic mass is 10.0. The van der Waals surface area contributed by atoms with Crippen LogP contribution in [0.2, 0.25) is 0 Å². The minimum atomic E-state index is 0.925. The van der Waals surface area contributed by atoms with Crippen LogP contribution < -0.4 is 5.32 Å². The number of nitrogens with one attached hydrogen (secondary N) is 1. The van der Waals surface area contributed by atoms with Gasteiger partial charge in [-0.05, 0) is 38.0 Å². The number of hydrogen-bond donors (Lipinski definition) is 1. The zero-order valence-electron chi connectivity index (χ0n) is 9.66. The Labute approximate surface area is 87.9 Å². The second kappa shape index (κ2) is 8.75. The fraction of sp³-hybridized carbons (Fsp3) is 0.727. The van der Waals surface area contributed by atoms with Crippen LogP contribution in [-0.2, 0) is 0 Å². The first kappa shape index (κ1) is 13.2. The summed E-state index contributed by atoms with van der Waals surface area (Å²) in [5.74, 6) is 0.925. The predicted octanol–water partition coefficient (Wildman–Crippen LogP) is 1.73. The Morgan fingerprint density at radius 1 is 1.57 bits per heavy atom. The highest BCUT2D eigenvalue weighted by atomic mass is 15.1. The molecule has 1 atom stereocenters. The molecule has 1 saturated heterocycles. The lowest BCUT2D eigenvalue weighted by Crippen LogP contribution is -2.27. The van der Waals surface area contributed by atoms with Crippen LogP contribution in [0.3, 0.4) is 0 Å². The fourth-order valence-electron chi connectivity index (χ4n) is 1.26. The minimum Gasteiger partial charge on any atom is -0.343 e. The third-order valence-corrected chi connectivity index (χ3v) is 2.13. The van der Waals surface area contributed by atoms with Crippen LogP contribution in [-0.4, -0.2) is 38.4 Å². The van der Waals surface area contributed by atoms with E-state index in [1.54, 1.807) is 24.5 Å². The maximum absolute atomic E-state index is 3.74. The third-order valence-electron chi connectivity index (χ3n) is 2.13. The van der Waals surface area contributed by atoms with Crippen molar-refractivity contribution in [3.8, 4) is 0 Å². The van der Waals surface area contributed by atoms with E-state index in [0.717, 1.165) is 5.92 Å². The summed E-state index contributed by atoms with van der Waals surface area (Å²) in [4.78, 5) is 5.51. The lowest BCUT2D eigenvalue weighted by molar-refractivity contribution is 0.405. The van der Waals surface area contributed by atoms with E-state index in [1.165, 1.54) is 25.9 Å². The molecule has 0 aromatic rings. The molecular weight excluding hydrogens is 174 g/mol. The van der Waals surface area contributed by atoms with Crippen molar-refractivity contribution < 1.29 is 0 Å². The van der Waals surface area contributed by atoms with Gasteiger partial charge in [-0.15, -0.1) is 0 Å². The lowest BCUT2D eigenvalue weighted by Gasteiger charge is -2.17. The van der Waals surface area contributed by atoms with Gasteiger partial charge in [0.1, 0.15) is 0 Å². The molecule has 1 heterocycles. The van der Waals surface area contributed by atoms with E-state index in [9.17, 15) is 0 Å². The van der Waals surface area contributed by atoms with Crippen molar-refractivity contribution in [2.75, 3.05) is 27.2 Å². The number of nitrogens with zero attached hydrogens (tertiary/aromatic N) is 2. The van der Waals surface area contributed by atoms with Crippen molar-refractivity contribution in [2.24, 2.45) is 10.9 Å². The maximum atomic E-state index is 3.74. The molecule has 3 heteroatoms. The number of aliphatic imine (C=N–C) groups is 1. The second-order valence-electron chi connectivity index (χ2n) is 3.67. The zero-order valence-corrected chi connectivity index (χ0v) is 9.66. The number of rotatable bonds is 2. The first-order valence-electron chi connectivity index (χ1n) is 5.18. The van der Waals surface area contributed by atoms with Gasteiger partial charge in [-0.2, -0.15) is 0 Å². The topological polar surface area (TPSA) is 27.6 Å². The van der Waals surface area contributed by atoms with Crippen LogP contribution in [0.1, 0.15) is 19.8 Å². The van der Waals surface area contributed by atoms with Gasteiger partial charge in [-0.3, -0.25) is 4.99 Å². The van der Waals surface area contributed by atoms with E-state index < -0.39 is 0 Å². The molecule has 0 amide bonds. The Morgan fingerprint density at radius 2 is 2.29 bits per heavy atom. The summed E-state index contributed by atoms with van der Waals surface area (Å²) in [6.07, 6.45) is 6.17. The Balaban J connectivity index is 0.000000241. The van der Waals surface area contributed by atoms with Crippen molar-refractivity contribution in [3.05, 3.63) is 12.8 Å². The van der Waals surface area contributed by atoms with Crippen LogP contribution in [0.5, 0.6) is 0 Å². The summed E-state index contributed by atoms with van der Waals surface area (Å²) in [6, 6.07) is 0. The van der Waals surface area contributed by atoms with Crippen molar-refractivity contribution in [2.45, 2.75) is 19.8 Å². The van der Waals surface area contributed by atoms with Crippen molar-refractivity contribution in [1.82, 2.24) is 10.2 Å². The first-order valence-corrected chi connectivity index (χ1v) is 5.18. The van der Waals surface area contributed by atoms with Gasteiger partial charge >= 0.3 is 0 Å². The summed E-state index contributed by atoms with van der Waals surface area (Å²) >= 11 is 0. The number of hydrogen-bond acceptors (Lipinski definition) is 2. The molecule has 14 heavy (non-hydrogen) atoms. The SMILES string of the molecule is C=CN(C)C=NC.CC1CCCNC1. The van der Waals surface area contributed by atoms with Crippen molar-refractivity contribution in [1.29, 1.82) is 0 Å². The van der Waals surface area contributed by atoms with Gasteiger partial charge in [-0.25, -0.2) is 0 Å². The molecule has 0 bridgehead atoms. The Kier molecular flexibility index (Phi) is 8.24. The largest absolute Gasteiger partial charge is 0.343 e. The molecule has 0 aliphatic carbocycles. The summed E-state index contributed by atoms with van der Waals surface area (Å²) in [7, 11) is 3.60. The summed E-state index contributed by atoms with van der Waals surface area (Å²) in [6.45, 7) is 8.29. The molecule has 1 fully saturated rings. The first-order chi connectivity index (χ1) is 6.70. The average molecular weight is 197 g/mol. The highest BCUT2D eigenvalue weighted by Gasteiger charge is 2.04. The Hall–Kier alpha value is -0.830. The van der Waals surface area contributed by atoms with Crippen LogP contribution in [0, 0.1) is 5.92 Å². The van der Waals surface area contributed by atoms with Gasteiger partial charge in [0, 0.05) is 14.1 Å². The highest BCUT2D eigenvalue weighted by Crippen LogP contribution is 2.06. The van der Waals surface area contributed by atoms with E-state index in [2.05, 4.69) is 23.8 Å². The van der Waals surface area contributed by atoms with Crippen LogP contribution >= 0.6 is 0 Å². The quantitative estimate of drug-likeness (QED) is 0.539. The van der Waals surface area contributed by atoms with Gasteiger partial charge in [-0.1, -0.05) is 13.5 Å². The van der Waals surface area contributed by atoms with Gasteiger partial charge in [0.05, 0.1) is 6.34 Å². The smallest absolute Gasteiger partial charge is 0.0883 e. The van der Waals surface area contributed by atoms with Crippen molar-refractivity contribution in [3.63, 3.8) is 0 Å². The molecule has 1 rings (SSSR count).